The van der Waals surface area contributed by atoms with Crippen LogP contribution in [0.4, 0.5) is 28.4 Å². The summed E-state index contributed by atoms with van der Waals surface area (Å²) in [4.78, 5) is 44.5. The van der Waals surface area contributed by atoms with Crippen molar-refractivity contribution in [3.63, 3.8) is 0 Å². The van der Waals surface area contributed by atoms with E-state index in [0.29, 0.717) is 25.2 Å². The Morgan fingerprint density at radius 1 is 1.15 bits per heavy atom. The number of anilines is 1. The standard InChI is InChI=1S/C26H33F3N6O4/c1-17(2)32-24(37)35-11-9-19-18(15-35)6-4-8-21(19)31-14-23(36)34(13-12-33(3)25(38)39)16-22-20(26(27,28)29)7-5-10-30-22/h4-8,10,17,31H,9,11-16H2,1-3H3,(H,32,37)(H,38,39). The molecular weight excluding hydrogens is 517 g/mol. The van der Waals surface area contributed by atoms with E-state index in [1.807, 2.05) is 19.9 Å². The molecule has 2 heterocycles. The minimum absolute atomic E-state index is 0.00874. The Kier molecular flexibility index (Phi) is 9.60. The lowest BCUT2D eigenvalue weighted by Crippen LogP contribution is -2.45. The van der Waals surface area contributed by atoms with Gasteiger partial charge in [-0.15, -0.1) is 0 Å². The second kappa shape index (κ2) is 12.7. The van der Waals surface area contributed by atoms with Gasteiger partial charge in [0.05, 0.1) is 24.3 Å². The molecule has 1 aliphatic rings. The molecule has 0 fully saturated rings. The molecule has 0 bridgehead atoms. The van der Waals surface area contributed by atoms with Crippen molar-refractivity contribution in [3.8, 4) is 0 Å². The van der Waals surface area contributed by atoms with Crippen LogP contribution >= 0.6 is 0 Å². The van der Waals surface area contributed by atoms with Crippen LogP contribution in [-0.2, 0) is 30.5 Å². The van der Waals surface area contributed by atoms with Gasteiger partial charge in [0.15, 0.2) is 0 Å². The van der Waals surface area contributed by atoms with Gasteiger partial charge in [-0.1, -0.05) is 12.1 Å². The predicted octanol–water partition coefficient (Wildman–Crippen LogP) is 3.63. The van der Waals surface area contributed by atoms with Crippen LogP contribution in [0, 0.1) is 0 Å². The number of carbonyl (C=O) groups excluding carboxylic acids is 2. The molecule has 0 atom stereocenters. The van der Waals surface area contributed by atoms with Crippen LogP contribution < -0.4 is 10.6 Å². The molecule has 0 unspecified atom stereocenters. The molecule has 3 N–H and O–H groups in total. The summed E-state index contributed by atoms with van der Waals surface area (Å²) < 4.78 is 40.6. The van der Waals surface area contributed by atoms with Crippen molar-refractivity contribution >= 4 is 23.7 Å². The highest BCUT2D eigenvalue weighted by molar-refractivity contribution is 5.81. The third kappa shape index (κ3) is 7.98. The molecule has 0 radical (unpaired) electrons. The number of carboxylic acid groups (broad SMARTS) is 1. The largest absolute Gasteiger partial charge is 0.465 e. The van der Waals surface area contributed by atoms with Crippen LogP contribution in [0.2, 0.25) is 0 Å². The molecule has 0 saturated carbocycles. The van der Waals surface area contributed by atoms with Gasteiger partial charge >= 0.3 is 18.3 Å². The van der Waals surface area contributed by atoms with E-state index in [0.717, 1.165) is 27.0 Å². The van der Waals surface area contributed by atoms with Gasteiger partial charge in [0.1, 0.15) is 0 Å². The number of likely N-dealkylation sites (N-methyl/N-ethyl adjacent to an activating group) is 1. The van der Waals surface area contributed by atoms with E-state index in [9.17, 15) is 27.6 Å². The molecule has 0 aliphatic carbocycles. The molecule has 10 nitrogen and oxygen atoms in total. The minimum atomic E-state index is -4.66. The molecule has 13 heteroatoms. The lowest BCUT2D eigenvalue weighted by molar-refractivity contribution is -0.140. The number of halogens is 3. The number of aromatic nitrogens is 1. The number of alkyl halides is 3. The van der Waals surface area contributed by atoms with Gasteiger partial charge in [-0.3, -0.25) is 9.78 Å². The van der Waals surface area contributed by atoms with Crippen molar-refractivity contribution < 1.29 is 32.7 Å². The van der Waals surface area contributed by atoms with Crippen LogP contribution in [0.25, 0.3) is 0 Å². The Balaban J connectivity index is 1.74. The van der Waals surface area contributed by atoms with E-state index < -0.39 is 30.3 Å². The molecule has 1 aromatic heterocycles. The zero-order valence-electron chi connectivity index (χ0n) is 22.1. The summed E-state index contributed by atoms with van der Waals surface area (Å²) in [6.45, 7) is 3.80. The fraction of sp³-hybridized carbons (Fsp3) is 0.462. The third-order valence-electron chi connectivity index (χ3n) is 6.32. The van der Waals surface area contributed by atoms with Crippen LogP contribution in [-0.4, -0.2) is 82.1 Å². The molecule has 2 aromatic rings. The number of hydrogen-bond acceptors (Lipinski definition) is 5. The predicted molar refractivity (Wildman–Crippen MR) is 138 cm³/mol. The smallest absolute Gasteiger partial charge is 0.418 e. The number of fused-ring (bicyclic) bond motifs is 1. The number of rotatable bonds is 9. The maximum atomic E-state index is 13.5. The van der Waals surface area contributed by atoms with E-state index in [-0.39, 0.29) is 37.4 Å². The lowest BCUT2D eigenvalue weighted by atomic mass is 9.98. The first-order valence-electron chi connectivity index (χ1n) is 12.5. The number of carbonyl (C=O) groups is 3. The van der Waals surface area contributed by atoms with Crippen LogP contribution in [0.15, 0.2) is 36.5 Å². The summed E-state index contributed by atoms with van der Waals surface area (Å²) in [5, 5.41) is 15.1. The normalized spacial score (nSPS) is 13.1. The van der Waals surface area contributed by atoms with E-state index in [4.69, 9.17) is 5.11 Å². The zero-order chi connectivity index (χ0) is 28.7. The number of pyridine rings is 1. The number of amides is 4. The molecular formula is C26H33F3N6O4. The Bertz CT molecular complexity index is 1190. The first-order chi connectivity index (χ1) is 18.4. The van der Waals surface area contributed by atoms with Gasteiger partial charge in [-0.25, -0.2) is 9.59 Å². The summed E-state index contributed by atoms with van der Waals surface area (Å²) in [5.41, 5.74) is 1.31. The molecule has 4 amide bonds. The third-order valence-corrected chi connectivity index (χ3v) is 6.32. The fourth-order valence-electron chi connectivity index (χ4n) is 4.23. The van der Waals surface area contributed by atoms with Gasteiger partial charge in [-0.05, 0) is 49.6 Å². The van der Waals surface area contributed by atoms with Crippen molar-refractivity contribution in [2.24, 2.45) is 0 Å². The zero-order valence-corrected chi connectivity index (χ0v) is 22.1. The maximum absolute atomic E-state index is 13.5. The Labute approximate surface area is 224 Å². The number of nitrogens with zero attached hydrogens (tertiary/aromatic N) is 4. The SMILES string of the molecule is CC(C)NC(=O)N1CCc2c(cccc2NCC(=O)N(CCN(C)C(=O)O)Cc2ncccc2C(F)(F)F)C1. The van der Waals surface area contributed by atoms with Crippen LogP contribution in [0.3, 0.4) is 0 Å². The molecule has 212 valence electrons. The van der Waals surface area contributed by atoms with Crippen molar-refractivity contribution in [2.45, 2.75) is 45.6 Å². The molecule has 1 aliphatic heterocycles. The molecule has 39 heavy (non-hydrogen) atoms. The van der Waals surface area contributed by atoms with Crippen LogP contribution in [0.5, 0.6) is 0 Å². The van der Waals surface area contributed by atoms with Crippen molar-refractivity contribution in [1.82, 2.24) is 25.0 Å². The summed E-state index contributed by atoms with van der Waals surface area (Å²) in [6, 6.07) is 7.44. The summed E-state index contributed by atoms with van der Waals surface area (Å²) in [5.74, 6) is -0.515. The highest BCUT2D eigenvalue weighted by Crippen LogP contribution is 2.31. The Morgan fingerprint density at radius 2 is 1.90 bits per heavy atom. The average Bonchev–Trinajstić information content (AvgIpc) is 2.88. The monoisotopic (exact) mass is 550 g/mol. The van der Waals surface area contributed by atoms with Gasteiger partial charge < -0.3 is 30.4 Å². The number of urea groups is 1. The fourth-order valence-corrected chi connectivity index (χ4v) is 4.23. The average molecular weight is 551 g/mol. The van der Waals surface area contributed by atoms with E-state index in [1.54, 1.807) is 17.0 Å². The minimum Gasteiger partial charge on any atom is -0.465 e. The summed E-state index contributed by atoms with van der Waals surface area (Å²) in [7, 11) is 1.31. The van der Waals surface area contributed by atoms with Crippen molar-refractivity contribution in [1.29, 1.82) is 0 Å². The second-order valence-electron chi connectivity index (χ2n) is 9.59. The highest BCUT2D eigenvalue weighted by Gasteiger charge is 2.34. The maximum Gasteiger partial charge on any atom is 0.418 e. The molecule has 1 aromatic carbocycles. The first-order valence-corrected chi connectivity index (χ1v) is 12.5. The van der Waals surface area contributed by atoms with Crippen molar-refractivity contribution in [3.05, 3.63) is 58.9 Å². The second-order valence-corrected chi connectivity index (χ2v) is 9.59. The van der Waals surface area contributed by atoms with Crippen molar-refractivity contribution in [2.75, 3.05) is 38.5 Å². The highest BCUT2D eigenvalue weighted by atomic mass is 19.4. The first kappa shape index (κ1) is 29.5. The van der Waals surface area contributed by atoms with E-state index in [1.165, 1.54) is 19.3 Å². The van der Waals surface area contributed by atoms with E-state index in [2.05, 4.69) is 15.6 Å². The van der Waals surface area contributed by atoms with E-state index >= 15 is 0 Å². The van der Waals surface area contributed by atoms with Gasteiger partial charge in [0, 0.05) is 51.2 Å². The van der Waals surface area contributed by atoms with Gasteiger partial charge in [0.25, 0.3) is 0 Å². The lowest BCUT2D eigenvalue weighted by Gasteiger charge is -2.31. The molecule has 0 saturated heterocycles. The summed E-state index contributed by atoms with van der Waals surface area (Å²) >= 11 is 0. The van der Waals surface area contributed by atoms with Gasteiger partial charge in [-0.2, -0.15) is 13.2 Å². The summed E-state index contributed by atoms with van der Waals surface area (Å²) in [6.07, 6.45) is -4.09. The topological polar surface area (TPSA) is 118 Å². The Morgan fingerprint density at radius 3 is 2.56 bits per heavy atom. The number of hydrogen-bond donors (Lipinski definition) is 3. The molecule has 3 rings (SSSR count). The quantitative estimate of drug-likeness (QED) is 0.439. The Hall–Kier alpha value is -4.03. The number of nitrogens with one attached hydrogen (secondary N) is 2. The number of benzene rings is 1. The molecule has 0 spiro atoms. The van der Waals surface area contributed by atoms with Crippen LogP contribution in [0.1, 0.15) is 36.2 Å². The van der Waals surface area contributed by atoms with Gasteiger partial charge in [0.2, 0.25) is 5.91 Å².